The molecule has 1 aromatic heterocycles. The van der Waals surface area contributed by atoms with Crippen LogP contribution in [0.3, 0.4) is 0 Å². The van der Waals surface area contributed by atoms with Gasteiger partial charge in [-0.1, -0.05) is 23.5 Å². The number of thiazole rings is 1. The van der Waals surface area contributed by atoms with E-state index in [2.05, 4.69) is 4.90 Å². The molecule has 1 aliphatic heterocycles. The van der Waals surface area contributed by atoms with Crippen LogP contribution in [0.25, 0.3) is 10.2 Å². The lowest BCUT2D eigenvalue weighted by atomic mass is 10.1. The van der Waals surface area contributed by atoms with E-state index in [1.54, 1.807) is 29.2 Å². The zero-order valence-corrected chi connectivity index (χ0v) is 20.4. The van der Waals surface area contributed by atoms with Gasteiger partial charge < -0.3 is 9.47 Å². The Kier molecular flexibility index (Phi) is 8.80. The molecule has 9 heteroatoms. The molecule has 2 aromatic carbocycles. The summed E-state index contributed by atoms with van der Waals surface area (Å²) in [7, 11) is 1.34. The van der Waals surface area contributed by atoms with Crippen molar-refractivity contribution < 1.29 is 19.1 Å². The van der Waals surface area contributed by atoms with E-state index in [1.165, 1.54) is 18.4 Å². The van der Waals surface area contributed by atoms with Gasteiger partial charge in [-0.2, -0.15) is 0 Å². The van der Waals surface area contributed by atoms with Crippen LogP contribution in [0.15, 0.2) is 42.5 Å². The van der Waals surface area contributed by atoms with E-state index in [0.29, 0.717) is 22.8 Å². The van der Waals surface area contributed by atoms with Gasteiger partial charge in [-0.05, 0) is 49.2 Å². The van der Waals surface area contributed by atoms with E-state index >= 15 is 0 Å². The lowest BCUT2D eigenvalue weighted by molar-refractivity contribution is 0.0376. The molecule has 7 nitrogen and oxygen atoms in total. The number of aromatic nitrogens is 1. The Balaban J connectivity index is 0.00000306. The van der Waals surface area contributed by atoms with Crippen molar-refractivity contribution in [2.75, 3.05) is 51.4 Å². The molecule has 1 fully saturated rings. The Morgan fingerprint density at radius 3 is 2.48 bits per heavy atom. The fraction of sp³-hybridized carbons (Fsp3) is 0.375. The number of para-hydroxylation sites is 1. The highest BCUT2D eigenvalue weighted by atomic mass is 35.5. The average molecular weight is 490 g/mol. The van der Waals surface area contributed by atoms with Gasteiger partial charge in [0.1, 0.15) is 0 Å². The molecule has 0 N–H and O–H groups in total. The largest absolute Gasteiger partial charge is 0.465 e. The Labute approximate surface area is 203 Å². The second-order valence-corrected chi connectivity index (χ2v) is 8.76. The summed E-state index contributed by atoms with van der Waals surface area (Å²) in [6.45, 7) is 6.85. The quantitative estimate of drug-likeness (QED) is 0.463. The van der Waals surface area contributed by atoms with E-state index in [4.69, 9.17) is 14.5 Å². The van der Waals surface area contributed by atoms with E-state index in [9.17, 15) is 9.59 Å². The highest BCUT2D eigenvalue weighted by Crippen LogP contribution is 2.31. The summed E-state index contributed by atoms with van der Waals surface area (Å²) >= 11 is 1.53. The molecule has 0 saturated carbocycles. The summed E-state index contributed by atoms with van der Waals surface area (Å²) in [6.07, 6.45) is 0.834. The smallest absolute Gasteiger partial charge is 0.337 e. The third kappa shape index (κ3) is 5.89. The number of aryl methyl sites for hydroxylation is 1. The zero-order valence-electron chi connectivity index (χ0n) is 18.8. The Bertz CT molecular complexity index is 1100. The maximum atomic E-state index is 13.5. The molecule has 3 aromatic rings. The summed E-state index contributed by atoms with van der Waals surface area (Å²) in [5.74, 6) is -0.548. The predicted octanol–water partition coefficient (Wildman–Crippen LogP) is 4.18. The number of hydrogen-bond donors (Lipinski definition) is 0. The number of carbonyl (C=O) groups excluding carboxylic acids is 2. The van der Waals surface area contributed by atoms with Crippen LogP contribution in [0.5, 0.6) is 0 Å². The number of esters is 1. The molecule has 1 saturated heterocycles. The molecule has 33 heavy (non-hydrogen) atoms. The van der Waals surface area contributed by atoms with Crippen LogP contribution in [0.2, 0.25) is 0 Å². The van der Waals surface area contributed by atoms with E-state index < -0.39 is 5.97 Å². The van der Waals surface area contributed by atoms with Crippen molar-refractivity contribution in [3.8, 4) is 0 Å². The number of amides is 1. The van der Waals surface area contributed by atoms with Gasteiger partial charge >= 0.3 is 5.97 Å². The van der Waals surface area contributed by atoms with Gasteiger partial charge in [-0.3, -0.25) is 14.6 Å². The third-order valence-corrected chi connectivity index (χ3v) is 6.64. The van der Waals surface area contributed by atoms with Crippen LogP contribution in [-0.4, -0.2) is 68.3 Å². The summed E-state index contributed by atoms with van der Waals surface area (Å²) in [5.41, 5.74) is 2.95. The molecule has 4 rings (SSSR count). The van der Waals surface area contributed by atoms with Crippen molar-refractivity contribution >= 4 is 51.0 Å². The highest BCUT2D eigenvalue weighted by molar-refractivity contribution is 7.22. The summed E-state index contributed by atoms with van der Waals surface area (Å²) in [5, 5.41) is 0.693. The topological polar surface area (TPSA) is 72.0 Å². The maximum Gasteiger partial charge on any atom is 0.337 e. The van der Waals surface area contributed by atoms with Crippen LogP contribution < -0.4 is 4.90 Å². The van der Waals surface area contributed by atoms with Crippen molar-refractivity contribution in [2.45, 2.75) is 13.3 Å². The number of ether oxygens (including phenoxy) is 2. The van der Waals surface area contributed by atoms with Crippen molar-refractivity contribution in [3.63, 3.8) is 0 Å². The number of halogens is 1. The molecule has 0 atom stereocenters. The number of carbonyl (C=O) groups is 2. The number of methoxy groups -OCH3 is 1. The number of nitrogens with zero attached hydrogens (tertiary/aromatic N) is 3. The molecule has 1 aliphatic rings. The van der Waals surface area contributed by atoms with Crippen molar-refractivity contribution in [3.05, 3.63) is 59.2 Å². The normalized spacial score (nSPS) is 14.0. The van der Waals surface area contributed by atoms with Crippen LogP contribution in [0.4, 0.5) is 5.13 Å². The average Bonchev–Trinajstić information content (AvgIpc) is 3.27. The zero-order chi connectivity index (χ0) is 22.5. The molecular formula is C24H28ClN3O4S. The number of anilines is 1. The minimum absolute atomic E-state index is 0. The van der Waals surface area contributed by atoms with Gasteiger partial charge in [-0.15, -0.1) is 12.4 Å². The molecule has 0 spiro atoms. The fourth-order valence-corrected chi connectivity index (χ4v) is 4.84. The van der Waals surface area contributed by atoms with Gasteiger partial charge in [-0.25, -0.2) is 9.78 Å². The first-order valence-electron chi connectivity index (χ1n) is 10.7. The van der Waals surface area contributed by atoms with Gasteiger partial charge in [0.15, 0.2) is 5.13 Å². The molecule has 0 radical (unpaired) electrons. The third-order valence-electron chi connectivity index (χ3n) is 5.60. The molecule has 0 aliphatic carbocycles. The van der Waals surface area contributed by atoms with Crippen molar-refractivity contribution in [2.24, 2.45) is 0 Å². The van der Waals surface area contributed by atoms with E-state index in [1.807, 2.05) is 25.1 Å². The molecule has 176 valence electrons. The Morgan fingerprint density at radius 1 is 1.12 bits per heavy atom. The summed E-state index contributed by atoms with van der Waals surface area (Å²) in [4.78, 5) is 34.1. The molecule has 0 unspecified atom stereocenters. The Hall–Kier alpha value is -2.52. The van der Waals surface area contributed by atoms with Crippen LogP contribution in [0.1, 0.15) is 32.7 Å². The monoisotopic (exact) mass is 489 g/mol. The second-order valence-electron chi connectivity index (χ2n) is 7.75. The first kappa shape index (κ1) is 25.1. The first-order valence-corrected chi connectivity index (χ1v) is 11.5. The number of rotatable bonds is 7. The number of fused-ring (bicyclic) bond motifs is 1. The summed E-state index contributed by atoms with van der Waals surface area (Å²) < 4.78 is 11.2. The van der Waals surface area contributed by atoms with Crippen LogP contribution in [-0.2, 0) is 9.47 Å². The van der Waals surface area contributed by atoms with Crippen LogP contribution in [0, 0.1) is 6.92 Å². The van der Waals surface area contributed by atoms with Gasteiger partial charge in [0.2, 0.25) is 0 Å². The van der Waals surface area contributed by atoms with Crippen molar-refractivity contribution in [1.82, 2.24) is 9.88 Å². The van der Waals surface area contributed by atoms with Crippen LogP contribution >= 0.6 is 23.7 Å². The first-order chi connectivity index (χ1) is 15.6. The minimum atomic E-state index is -0.423. The van der Waals surface area contributed by atoms with Gasteiger partial charge in [0, 0.05) is 31.7 Å². The van der Waals surface area contributed by atoms with E-state index in [0.717, 1.165) is 55.0 Å². The number of benzene rings is 2. The SMILES string of the molecule is COC(=O)c1ccc(C(=O)N(CCCN2CCOCC2)c2nc3c(C)cccc3s2)cc1.Cl. The predicted molar refractivity (Wildman–Crippen MR) is 133 cm³/mol. The Morgan fingerprint density at radius 2 is 1.82 bits per heavy atom. The second kappa shape index (κ2) is 11.6. The minimum Gasteiger partial charge on any atom is -0.465 e. The lowest BCUT2D eigenvalue weighted by Crippen LogP contribution is -2.39. The fourth-order valence-electron chi connectivity index (χ4n) is 3.77. The standard InChI is InChI=1S/C24H27N3O4S.ClH/c1-17-5-3-6-20-21(17)25-24(32-20)27(12-4-11-26-13-15-31-16-14-26)22(28)18-7-9-19(10-8-18)23(29)30-2;/h3,5-10H,4,11-16H2,1-2H3;1H. The molecular weight excluding hydrogens is 462 g/mol. The van der Waals surface area contributed by atoms with E-state index in [-0.39, 0.29) is 18.3 Å². The lowest BCUT2D eigenvalue weighted by Gasteiger charge is -2.27. The summed E-state index contributed by atoms with van der Waals surface area (Å²) in [6, 6.07) is 12.6. The maximum absolute atomic E-state index is 13.5. The molecule has 2 heterocycles. The molecule has 0 bridgehead atoms. The van der Waals surface area contributed by atoms with Gasteiger partial charge in [0.05, 0.1) is 36.1 Å². The number of hydrogen-bond acceptors (Lipinski definition) is 7. The number of morpholine rings is 1. The molecule has 1 amide bonds. The van der Waals surface area contributed by atoms with Crippen molar-refractivity contribution in [1.29, 1.82) is 0 Å². The van der Waals surface area contributed by atoms with Gasteiger partial charge in [0.25, 0.3) is 5.91 Å². The highest BCUT2D eigenvalue weighted by Gasteiger charge is 2.22.